The Kier molecular flexibility index (Phi) is 2.34. The van der Waals surface area contributed by atoms with Crippen molar-refractivity contribution in [2.75, 3.05) is 5.32 Å². The van der Waals surface area contributed by atoms with E-state index in [1.54, 1.807) is 0 Å². The molecule has 1 aromatic rings. The lowest BCUT2D eigenvalue weighted by Crippen LogP contribution is -2.34. The van der Waals surface area contributed by atoms with E-state index in [0.717, 1.165) is 0 Å². The second-order valence-electron chi connectivity index (χ2n) is 4.80. The Labute approximate surface area is 94.0 Å². The predicted octanol–water partition coefficient (Wildman–Crippen LogP) is 3.93. The lowest BCUT2D eigenvalue weighted by atomic mass is 9.76. The largest absolute Gasteiger partial charge is 0.381 e. The molecule has 1 aliphatic rings. The molecule has 1 atom stereocenters. The minimum absolute atomic E-state index is 0.282. The van der Waals surface area contributed by atoms with Gasteiger partial charge in [0.25, 0.3) is 0 Å². The molecule has 0 radical (unpaired) electrons. The van der Waals surface area contributed by atoms with Gasteiger partial charge in [-0.05, 0) is 46.3 Å². The minimum Gasteiger partial charge on any atom is -0.381 e. The molecule has 0 spiro atoms. The number of halogens is 1. The average molecular weight is 254 g/mol. The first kappa shape index (κ1) is 10.0. The normalized spacial score (nSPS) is 23.9. The monoisotopic (exact) mass is 253 g/mol. The highest BCUT2D eigenvalue weighted by Gasteiger charge is 2.31. The lowest BCUT2D eigenvalue weighted by molar-refractivity contribution is 0.434. The molecule has 0 saturated heterocycles. The Morgan fingerprint density at radius 2 is 2.14 bits per heavy atom. The average Bonchev–Trinajstić information content (AvgIpc) is 2.05. The van der Waals surface area contributed by atoms with E-state index < -0.39 is 0 Å². The fourth-order valence-electron chi connectivity index (χ4n) is 2.41. The van der Waals surface area contributed by atoms with Gasteiger partial charge < -0.3 is 5.32 Å². The zero-order valence-electron chi connectivity index (χ0n) is 8.89. The fourth-order valence-corrected chi connectivity index (χ4v) is 2.89. The van der Waals surface area contributed by atoms with Crippen LogP contribution in [-0.2, 0) is 5.41 Å². The molecular formula is C12H16BrN. The van der Waals surface area contributed by atoms with E-state index in [1.807, 2.05) is 0 Å². The van der Waals surface area contributed by atoms with Crippen LogP contribution < -0.4 is 5.32 Å². The molecule has 2 rings (SSSR count). The highest BCUT2D eigenvalue weighted by Crippen LogP contribution is 2.42. The zero-order chi connectivity index (χ0) is 10.3. The molecule has 1 nitrogen and oxygen atoms in total. The lowest BCUT2D eigenvalue weighted by Gasteiger charge is -2.37. The van der Waals surface area contributed by atoms with Crippen LogP contribution in [0, 0.1) is 0 Å². The Morgan fingerprint density at radius 3 is 2.86 bits per heavy atom. The van der Waals surface area contributed by atoms with Gasteiger partial charge in [-0.3, -0.25) is 0 Å². The maximum absolute atomic E-state index is 3.60. The molecule has 1 N–H and O–H groups in total. The molecule has 0 amide bonds. The summed E-state index contributed by atoms with van der Waals surface area (Å²) in [5.74, 6) is 0. The predicted molar refractivity (Wildman–Crippen MR) is 64.9 cm³/mol. The molecule has 1 heterocycles. The highest BCUT2D eigenvalue weighted by atomic mass is 79.9. The van der Waals surface area contributed by atoms with Crippen molar-refractivity contribution in [3.05, 3.63) is 28.2 Å². The fraction of sp³-hybridized carbons (Fsp3) is 0.500. The van der Waals surface area contributed by atoms with Crippen molar-refractivity contribution in [3.8, 4) is 0 Å². The number of fused-ring (bicyclic) bond motifs is 1. The minimum atomic E-state index is 0.282. The van der Waals surface area contributed by atoms with Crippen molar-refractivity contribution in [2.45, 2.75) is 38.6 Å². The molecule has 14 heavy (non-hydrogen) atoms. The maximum atomic E-state index is 3.60. The first-order valence-corrected chi connectivity index (χ1v) is 5.85. The van der Waals surface area contributed by atoms with Gasteiger partial charge >= 0.3 is 0 Å². The van der Waals surface area contributed by atoms with Gasteiger partial charge in [0.05, 0.1) is 5.69 Å². The van der Waals surface area contributed by atoms with E-state index in [4.69, 9.17) is 0 Å². The Morgan fingerprint density at radius 1 is 1.43 bits per heavy atom. The van der Waals surface area contributed by atoms with Crippen LogP contribution in [0.25, 0.3) is 0 Å². The van der Waals surface area contributed by atoms with Crippen LogP contribution in [0.2, 0.25) is 0 Å². The van der Waals surface area contributed by atoms with Crippen molar-refractivity contribution < 1.29 is 0 Å². The third kappa shape index (κ3) is 1.56. The van der Waals surface area contributed by atoms with Crippen molar-refractivity contribution in [2.24, 2.45) is 0 Å². The SMILES string of the molecule is CC1CC(C)(C)c2cccc(Br)c2N1. The molecule has 0 aromatic heterocycles. The summed E-state index contributed by atoms with van der Waals surface area (Å²) < 4.78 is 1.18. The first-order valence-electron chi connectivity index (χ1n) is 5.06. The van der Waals surface area contributed by atoms with E-state index in [9.17, 15) is 0 Å². The molecule has 0 saturated carbocycles. The molecular weight excluding hydrogens is 238 g/mol. The summed E-state index contributed by atoms with van der Waals surface area (Å²) >= 11 is 3.60. The third-order valence-electron chi connectivity index (χ3n) is 2.95. The van der Waals surface area contributed by atoms with Crippen LogP contribution in [0.15, 0.2) is 22.7 Å². The second-order valence-corrected chi connectivity index (χ2v) is 5.65. The van der Waals surface area contributed by atoms with Crippen LogP contribution in [0.5, 0.6) is 0 Å². The summed E-state index contributed by atoms with van der Waals surface area (Å²) in [6, 6.07) is 6.98. The summed E-state index contributed by atoms with van der Waals surface area (Å²) in [7, 11) is 0. The molecule has 0 bridgehead atoms. The maximum Gasteiger partial charge on any atom is 0.0524 e. The van der Waals surface area contributed by atoms with Gasteiger partial charge in [0, 0.05) is 10.5 Å². The smallest absolute Gasteiger partial charge is 0.0524 e. The van der Waals surface area contributed by atoms with Gasteiger partial charge in [-0.1, -0.05) is 26.0 Å². The van der Waals surface area contributed by atoms with Gasteiger partial charge in [0.1, 0.15) is 0 Å². The summed E-state index contributed by atoms with van der Waals surface area (Å²) in [6.07, 6.45) is 1.19. The van der Waals surface area contributed by atoms with Crippen LogP contribution >= 0.6 is 15.9 Å². The van der Waals surface area contributed by atoms with Crippen LogP contribution in [0.4, 0.5) is 5.69 Å². The Bertz CT molecular complexity index is 357. The van der Waals surface area contributed by atoms with Gasteiger partial charge in [-0.25, -0.2) is 0 Å². The zero-order valence-corrected chi connectivity index (χ0v) is 10.5. The third-order valence-corrected chi connectivity index (χ3v) is 3.61. The quantitative estimate of drug-likeness (QED) is 0.739. The van der Waals surface area contributed by atoms with Crippen molar-refractivity contribution >= 4 is 21.6 Å². The number of anilines is 1. The van der Waals surface area contributed by atoms with Crippen LogP contribution in [-0.4, -0.2) is 6.04 Å². The molecule has 2 heteroatoms. The molecule has 0 aliphatic carbocycles. The van der Waals surface area contributed by atoms with Crippen molar-refractivity contribution in [1.29, 1.82) is 0 Å². The number of hydrogen-bond acceptors (Lipinski definition) is 1. The van der Waals surface area contributed by atoms with Crippen molar-refractivity contribution in [3.63, 3.8) is 0 Å². The molecule has 76 valence electrons. The Hall–Kier alpha value is -0.500. The van der Waals surface area contributed by atoms with E-state index in [2.05, 4.69) is 60.2 Å². The number of hydrogen-bond donors (Lipinski definition) is 1. The standard InChI is InChI=1S/C12H16BrN/c1-8-7-12(2,3)9-5-4-6-10(13)11(9)14-8/h4-6,8,14H,7H2,1-3H3. The highest BCUT2D eigenvalue weighted by molar-refractivity contribution is 9.10. The number of benzene rings is 1. The van der Waals surface area contributed by atoms with Crippen LogP contribution in [0.3, 0.4) is 0 Å². The molecule has 1 aromatic carbocycles. The summed E-state index contributed by atoms with van der Waals surface area (Å²) in [5.41, 5.74) is 2.98. The topological polar surface area (TPSA) is 12.0 Å². The molecule has 1 unspecified atom stereocenters. The summed E-state index contributed by atoms with van der Waals surface area (Å²) in [5, 5.41) is 3.54. The van der Waals surface area contributed by atoms with Gasteiger partial charge in [-0.15, -0.1) is 0 Å². The van der Waals surface area contributed by atoms with Gasteiger partial charge in [0.15, 0.2) is 0 Å². The van der Waals surface area contributed by atoms with E-state index in [1.165, 1.54) is 22.1 Å². The second kappa shape index (κ2) is 3.27. The van der Waals surface area contributed by atoms with E-state index in [-0.39, 0.29) is 5.41 Å². The first-order chi connectivity index (χ1) is 6.50. The summed E-state index contributed by atoms with van der Waals surface area (Å²) in [4.78, 5) is 0. The Balaban J connectivity index is 2.57. The molecule has 1 aliphatic heterocycles. The van der Waals surface area contributed by atoms with Crippen LogP contribution in [0.1, 0.15) is 32.8 Å². The summed E-state index contributed by atoms with van der Waals surface area (Å²) in [6.45, 7) is 6.87. The van der Waals surface area contributed by atoms with E-state index >= 15 is 0 Å². The number of nitrogens with one attached hydrogen (secondary N) is 1. The molecule has 0 fully saturated rings. The van der Waals surface area contributed by atoms with Crippen molar-refractivity contribution in [1.82, 2.24) is 0 Å². The van der Waals surface area contributed by atoms with Gasteiger partial charge in [-0.2, -0.15) is 0 Å². The van der Waals surface area contributed by atoms with E-state index in [0.29, 0.717) is 6.04 Å². The number of para-hydroxylation sites is 1. The van der Waals surface area contributed by atoms with Gasteiger partial charge in [0.2, 0.25) is 0 Å². The number of rotatable bonds is 0.